The first-order valence-corrected chi connectivity index (χ1v) is 8.03. The van der Waals surface area contributed by atoms with Crippen molar-refractivity contribution in [2.45, 2.75) is 71.6 Å². The van der Waals surface area contributed by atoms with Gasteiger partial charge in [0.1, 0.15) is 0 Å². The van der Waals surface area contributed by atoms with E-state index in [1.807, 2.05) is 0 Å². The number of rotatable bonds is 6. The normalized spacial score (nSPS) is 21.0. The minimum atomic E-state index is 0.487. The Morgan fingerprint density at radius 3 is 2.65 bits per heavy atom. The van der Waals surface area contributed by atoms with Gasteiger partial charge in [0, 0.05) is 12.3 Å². The highest BCUT2D eigenvalue weighted by Crippen LogP contribution is 2.41. The zero-order valence-electron chi connectivity index (χ0n) is 13.2. The molecule has 1 saturated carbocycles. The Morgan fingerprint density at radius 1 is 1.30 bits per heavy atom. The van der Waals surface area contributed by atoms with Crippen LogP contribution < -0.4 is 5.73 Å². The molecule has 0 bridgehead atoms. The van der Waals surface area contributed by atoms with Crippen molar-refractivity contribution in [3.05, 3.63) is 11.7 Å². The van der Waals surface area contributed by atoms with Gasteiger partial charge in [0.05, 0.1) is 0 Å². The molecule has 4 nitrogen and oxygen atoms in total. The first kappa shape index (κ1) is 15.5. The number of aromatic nitrogens is 2. The van der Waals surface area contributed by atoms with Crippen LogP contribution in [0.25, 0.3) is 0 Å². The maximum absolute atomic E-state index is 5.57. The minimum Gasteiger partial charge on any atom is -0.339 e. The Kier molecular flexibility index (Phi) is 5.19. The van der Waals surface area contributed by atoms with E-state index in [0.29, 0.717) is 17.3 Å². The molecule has 1 atom stereocenters. The van der Waals surface area contributed by atoms with Crippen LogP contribution in [-0.2, 0) is 6.42 Å². The molecule has 2 rings (SSSR count). The molecular formula is C16H29N3O. The fourth-order valence-electron chi connectivity index (χ4n) is 2.99. The third kappa shape index (κ3) is 4.30. The first-order valence-electron chi connectivity index (χ1n) is 8.03. The molecule has 0 spiro atoms. The highest BCUT2D eigenvalue weighted by Gasteiger charge is 2.30. The molecule has 0 radical (unpaired) electrons. The lowest BCUT2D eigenvalue weighted by Crippen LogP contribution is -2.20. The Labute approximate surface area is 122 Å². The monoisotopic (exact) mass is 279 g/mol. The summed E-state index contributed by atoms with van der Waals surface area (Å²) >= 11 is 0. The maximum atomic E-state index is 5.57. The third-order valence-electron chi connectivity index (χ3n) is 4.70. The van der Waals surface area contributed by atoms with Crippen molar-refractivity contribution in [3.8, 4) is 0 Å². The highest BCUT2D eigenvalue weighted by molar-refractivity contribution is 4.99. The minimum absolute atomic E-state index is 0.487. The molecule has 0 amide bonds. The van der Waals surface area contributed by atoms with Crippen molar-refractivity contribution >= 4 is 0 Å². The van der Waals surface area contributed by atoms with Crippen LogP contribution in [0, 0.1) is 11.3 Å². The van der Waals surface area contributed by atoms with Gasteiger partial charge in [0.15, 0.2) is 5.82 Å². The Balaban J connectivity index is 1.83. The maximum Gasteiger partial charge on any atom is 0.226 e. The molecule has 1 fully saturated rings. The molecule has 0 saturated heterocycles. The van der Waals surface area contributed by atoms with Gasteiger partial charge >= 0.3 is 0 Å². The molecule has 20 heavy (non-hydrogen) atoms. The third-order valence-corrected chi connectivity index (χ3v) is 4.70. The predicted octanol–water partition coefficient (Wildman–Crippen LogP) is 3.67. The van der Waals surface area contributed by atoms with Crippen molar-refractivity contribution in [2.75, 3.05) is 6.54 Å². The molecule has 1 aromatic heterocycles. The lowest BCUT2D eigenvalue weighted by Gasteiger charge is -2.32. The molecule has 1 aliphatic carbocycles. The van der Waals surface area contributed by atoms with Crippen molar-refractivity contribution < 1.29 is 4.52 Å². The molecule has 114 valence electrons. The van der Waals surface area contributed by atoms with Gasteiger partial charge in [-0.1, -0.05) is 25.9 Å². The summed E-state index contributed by atoms with van der Waals surface area (Å²) < 4.78 is 5.41. The van der Waals surface area contributed by atoms with E-state index in [0.717, 1.165) is 37.5 Å². The molecule has 0 aromatic carbocycles. The number of nitrogens with zero attached hydrogens (tertiary/aromatic N) is 2. The van der Waals surface area contributed by atoms with Gasteiger partial charge in [-0.25, -0.2) is 0 Å². The van der Waals surface area contributed by atoms with Gasteiger partial charge in [-0.15, -0.1) is 0 Å². The lowest BCUT2D eigenvalue weighted by atomic mass is 9.73. The second-order valence-corrected chi connectivity index (χ2v) is 7.21. The number of hydrogen-bond acceptors (Lipinski definition) is 4. The van der Waals surface area contributed by atoms with Gasteiger partial charge in [-0.3, -0.25) is 0 Å². The molecule has 1 aromatic rings. The van der Waals surface area contributed by atoms with E-state index in [1.165, 1.54) is 25.7 Å². The summed E-state index contributed by atoms with van der Waals surface area (Å²) in [6, 6.07) is 0. The second kappa shape index (κ2) is 6.70. The fourth-order valence-corrected chi connectivity index (χ4v) is 2.99. The Morgan fingerprint density at radius 2 is 2.00 bits per heavy atom. The number of hydrogen-bond donors (Lipinski definition) is 1. The zero-order valence-corrected chi connectivity index (χ0v) is 13.2. The van der Waals surface area contributed by atoms with E-state index in [-0.39, 0.29) is 0 Å². The summed E-state index contributed by atoms with van der Waals surface area (Å²) in [5, 5.41) is 4.20. The topological polar surface area (TPSA) is 64.9 Å². The van der Waals surface area contributed by atoms with Crippen molar-refractivity contribution in [2.24, 2.45) is 17.1 Å². The number of aryl methyl sites for hydroxylation is 1. The largest absolute Gasteiger partial charge is 0.339 e. The van der Waals surface area contributed by atoms with Gasteiger partial charge in [0.2, 0.25) is 5.89 Å². The highest BCUT2D eigenvalue weighted by atomic mass is 16.5. The van der Waals surface area contributed by atoms with Gasteiger partial charge in [-0.05, 0) is 56.4 Å². The fraction of sp³-hybridized carbons (Fsp3) is 0.875. The molecule has 0 aliphatic heterocycles. The quantitative estimate of drug-likeness (QED) is 0.863. The summed E-state index contributed by atoms with van der Waals surface area (Å²) in [6.07, 6.45) is 7.93. The van der Waals surface area contributed by atoms with E-state index >= 15 is 0 Å². The van der Waals surface area contributed by atoms with E-state index in [1.54, 1.807) is 0 Å². The van der Waals surface area contributed by atoms with Gasteiger partial charge in [0.25, 0.3) is 0 Å². The van der Waals surface area contributed by atoms with Crippen LogP contribution in [0.3, 0.4) is 0 Å². The van der Waals surface area contributed by atoms with Crippen LogP contribution in [0.2, 0.25) is 0 Å². The van der Waals surface area contributed by atoms with Crippen LogP contribution >= 0.6 is 0 Å². The van der Waals surface area contributed by atoms with Crippen LogP contribution in [0.15, 0.2) is 4.52 Å². The van der Waals surface area contributed by atoms with Gasteiger partial charge < -0.3 is 10.3 Å². The average Bonchev–Trinajstić information content (AvgIpc) is 2.85. The van der Waals surface area contributed by atoms with E-state index in [9.17, 15) is 0 Å². The molecule has 1 unspecified atom stereocenters. The number of nitrogens with two attached hydrogens (primary N) is 1. The van der Waals surface area contributed by atoms with Crippen molar-refractivity contribution in [3.63, 3.8) is 0 Å². The van der Waals surface area contributed by atoms with Crippen LogP contribution in [0.1, 0.15) is 76.9 Å². The van der Waals surface area contributed by atoms with E-state index in [4.69, 9.17) is 10.3 Å². The summed E-state index contributed by atoms with van der Waals surface area (Å²) in [7, 11) is 0. The molecular weight excluding hydrogens is 250 g/mol. The molecule has 4 heteroatoms. The SMILES string of the molecule is CC(CCN)CCc1nc(C2CCC(C)(C)CC2)no1. The second-order valence-electron chi connectivity index (χ2n) is 7.21. The van der Waals surface area contributed by atoms with Crippen molar-refractivity contribution in [1.82, 2.24) is 10.1 Å². The first-order chi connectivity index (χ1) is 9.50. The Bertz CT molecular complexity index is 404. The van der Waals surface area contributed by atoms with Crippen LogP contribution in [0.4, 0.5) is 0 Å². The van der Waals surface area contributed by atoms with E-state index in [2.05, 4.69) is 30.9 Å². The molecule has 1 aliphatic rings. The van der Waals surface area contributed by atoms with Crippen LogP contribution in [-0.4, -0.2) is 16.7 Å². The summed E-state index contributed by atoms with van der Waals surface area (Å²) in [5.74, 6) is 2.86. The predicted molar refractivity (Wildman–Crippen MR) is 80.4 cm³/mol. The molecule has 2 N–H and O–H groups in total. The standard InChI is InChI=1S/C16H29N3O/c1-12(8-11-17)4-5-14-18-15(19-20-14)13-6-9-16(2,3)10-7-13/h12-13H,4-11,17H2,1-3H3. The van der Waals surface area contributed by atoms with E-state index < -0.39 is 0 Å². The Hall–Kier alpha value is -0.900. The lowest BCUT2D eigenvalue weighted by molar-refractivity contribution is 0.218. The zero-order chi connectivity index (χ0) is 14.6. The summed E-state index contributed by atoms with van der Waals surface area (Å²) in [5.41, 5.74) is 6.06. The average molecular weight is 279 g/mol. The van der Waals surface area contributed by atoms with Crippen LogP contribution in [0.5, 0.6) is 0 Å². The summed E-state index contributed by atoms with van der Waals surface area (Å²) in [4.78, 5) is 4.60. The van der Waals surface area contributed by atoms with Crippen molar-refractivity contribution in [1.29, 1.82) is 0 Å². The van der Waals surface area contributed by atoms with Gasteiger partial charge in [-0.2, -0.15) is 4.98 Å². The summed E-state index contributed by atoms with van der Waals surface area (Å²) in [6.45, 7) is 7.69. The molecule has 1 heterocycles. The smallest absolute Gasteiger partial charge is 0.226 e.